The van der Waals surface area contributed by atoms with E-state index in [1.165, 1.54) is 69.9 Å². The molecule has 3 aliphatic rings. The summed E-state index contributed by atoms with van der Waals surface area (Å²) in [6.07, 6.45) is 15.5. The molecule has 3 aliphatic heterocycles. The fraction of sp³-hybridized carbons (Fsp3) is 0.857. The third-order valence-electron chi connectivity index (χ3n) is 8.21. The summed E-state index contributed by atoms with van der Waals surface area (Å²) in [6, 6.07) is 2.30. The lowest BCUT2D eigenvalue weighted by atomic mass is 9.91. The van der Waals surface area contributed by atoms with E-state index in [2.05, 4.69) is 33.0 Å². The van der Waals surface area contributed by atoms with Crippen molar-refractivity contribution in [3.8, 4) is 0 Å². The Morgan fingerprint density at radius 2 is 1.46 bits per heavy atom. The van der Waals surface area contributed by atoms with Crippen LogP contribution in [0.4, 0.5) is 11.8 Å². The Morgan fingerprint density at radius 3 is 2.17 bits per heavy atom. The van der Waals surface area contributed by atoms with Crippen LogP contribution < -0.4 is 15.1 Å². The van der Waals surface area contributed by atoms with Crippen molar-refractivity contribution in [2.45, 2.75) is 103 Å². The number of hydrogen-bond donors (Lipinski definition) is 2. The lowest BCUT2D eigenvalue weighted by molar-refractivity contribution is -0.0117. The van der Waals surface area contributed by atoms with E-state index >= 15 is 0 Å². The zero-order valence-corrected chi connectivity index (χ0v) is 22.3. The highest BCUT2D eigenvalue weighted by Crippen LogP contribution is 2.32. The molecule has 35 heavy (non-hydrogen) atoms. The van der Waals surface area contributed by atoms with E-state index in [0.717, 1.165) is 83.4 Å². The molecule has 0 aromatic carbocycles. The van der Waals surface area contributed by atoms with Crippen LogP contribution in [0.5, 0.6) is 0 Å². The van der Waals surface area contributed by atoms with Gasteiger partial charge in [0.25, 0.3) is 0 Å². The van der Waals surface area contributed by atoms with Gasteiger partial charge in [-0.05, 0) is 44.9 Å². The maximum atomic E-state index is 10.9. The average Bonchev–Trinajstić information content (AvgIpc) is 3.63. The van der Waals surface area contributed by atoms with Gasteiger partial charge in [0.2, 0.25) is 5.95 Å². The molecule has 0 amide bonds. The van der Waals surface area contributed by atoms with E-state index in [4.69, 9.17) is 9.97 Å². The zero-order chi connectivity index (χ0) is 24.3. The van der Waals surface area contributed by atoms with Gasteiger partial charge in [0.1, 0.15) is 12.0 Å². The summed E-state index contributed by atoms with van der Waals surface area (Å²) in [4.78, 5) is 17.3. The van der Waals surface area contributed by atoms with Crippen LogP contribution in [-0.4, -0.2) is 78.6 Å². The van der Waals surface area contributed by atoms with Crippen molar-refractivity contribution < 1.29 is 5.11 Å². The number of nitrogens with zero attached hydrogens (tertiary/aromatic N) is 5. The molecule has 1 aromatic heterocycles. The molecule has 0 saturated carbocycles. The molecular weight excluding hydrogens is 436 g/mol. The molecule has 3 saturated heterocycles. The minimum Gasteiger partial charge on any atom is -0.378 e. The van der Waals surface area contributed by atoms with Gasteiger partial charge in [-0.1, -0.05) is 45.4 Å². The molecule has 2 N–H and O–H groups in total. The minimum absolute atomic E-state index is 0.345. The summed E-state index contributed by atoms with van der Waals surface area (Å²) in [5, 5.41) is 14.3. The molecule has 198 valence electrons. The topological polar surface area (TPSA) is 67.8 Å². The van der Waals surface area contributed by atoms with Gasteiger partial charge in [0.15, 0.2) is 0 Å². The predicted molar refractivity (Wildman–Crippen MR) is 145 cm³/mol. The maximum absolute atomic E-state index is 10.9. The fourth-order valence-electron chi connectivity index (χ4n) is 5.94. The predicted octanol–water partition coefficient (Wildman–Crippen LogP) is 4.52. The lowest BCUT2D eigenvalue weighted by Crippen LogP contribution is -2.48. The molecule has 0 bridgehead atoms. The van der Waals surface area contributed by atoms with E-state index in [9.17, 15) is 5.11 Å². The molecular formula is C28H50N6O. The van der Waals surface area contributed by atoms with Crippen molar-refractivity contribution in [3.63, 3.8) is 0 Å². The van der Waals surface area contributed by atoms with Crippen LogP contribution in [0.15, 0.2) is 6.07 Å². The number of nitrogens with one attached hydrogen (secondary N) is 1. The molecule has 2 atom stereocenters. The monoisotopic (exact) mass is 486 g/mol. The molecule has 4 heterocycles. The maximum Gasteiger partial charge on any atom is 0.227 e. The first kappa shape index (κ1) is 26.6. The van der Waals surface area contributed by atoms with Crippen molar-refractivity contribution in [2.75, 3.05) is 62.2 Å². The van der Waals surface area contributed by atoms with Gasteiger partial charge in [-0.15, -0.1) is 0 Å². The van der Waals surface area contributed by atoms with Crippen LogP contribution in [-0.2, 0) is 0 Å². The van der Waals surface area contributed by atoms with Gasteiger partial charge < -0.3 is 20.2 Å². The molecule has 3 fully saturated rings. The second kappa shape index (κ2) is 14.3. The van der Waals surface area contributed by atoms with Crippen LogP contribution in [0.2, 0.25) is 0 Å². The van der Waals surface area contributed by atoms with Crippen molar-refractivity contribution >= 4 is 11.8 Å². The van der Waals surface area contributed by atoms with E-state index < -0.39 is 0 Å². The first-order valence-electron chi connectivity index (χ1n) is 14.8. The second-order valence-electron chi connectivity index (χ2n) is 10.9. The first-order valence-corrected chi connectivity index (χ1v) is 14.8. The van der Waals surface area contributed by atoms with Crippen LogP contribution in [0, 0.1) is 0 Å². The van der Waals surface area contributed by atoms with Gasteiger partial charge in [0, 0.05) is 64.3 Å². The summed E-state index contributed by atoms with van der Waals surface area (Å²) in [5.41, 5.74) is 1.21. The highest BCUT2D eigenvalue weighted by molar-refractivity contribution is 5.47. The molecule has 4 rings (SSSR count). The molecule has 0 radical (unpaired) electrons. The highest BCUT2D eigenvalue weighted by atomic mass is 16.3. The van der Waals surface area contributed by atoms with Crippen LogP contribution in [0.25, 0.3) is 0 Å². The van der Waals surface area contributed by atoms with Gasteiger partial charge in [0.05, 0.1) is 5.69 Å². The molecule has 7 nitrogen and oxygen atoms in total. The quantitative estimate of drug-likeness (QED) is 0.375. The van der Waals surface area contributed by atoms with Gasteiger partial charge in [-0.3, -0.25) is 4.90 Å². The molecule has 2 unspecified atom stereocenters. The van der Waals surface area contributed by atoms with Gasteiger partial charge in [-0.25, -0.2) is 4.98 Å². The van der Waals surface area contributed by atoms with Crippen molar-refractivity contribution in [2.24, 2.45) is 0 Å². The summed E-state index contributed by atoms with van der Waals surface area (Å²) >= 11 is 0. The SMILES string of the molecule is CCCCCCCCC(CCC(O)N1CCNCC1)c1cc(N2CCCC2)nc(N2CCCC2)n1. The molecule has 7 heteroatoms. The van der Waals surface area contributed by atoms with E-state index in [1.54, 1.807) is 0 Å². The Balaban J connectivity index is 1.47. The smallest absolute Gasteiger partial charge is 0.227 e. The summed E-state index contributed by atoms with van der Waals surface area (Å²) in [7, 11) is 0. The normalized spacial score (nSPS) is 21.1. The third-order valence-corrected chi connectivity index (χ3v) is 8.21. The van der Waals surface area contributed by atoms with Gasteiger partial charge in [-0.2, -0.15) is 4.98 Å². The number of aromatic nitrogens is 2. The Bertz CT molecular complexity index is 694. The molecule has 1 aromatic rings. The highest BCUT2D eigenvalue weighted by Gasteiger charge is 2.25. The number of aliphatic hydroxyl groups is 1. The lowest BCUT2D eigenvalue weighted by Gasteiger charge is -2.32. The van der Waals surface area contributed by atoms with Crippen LogP contribution in [0.3, 0.4) is 0 Å². The number of hydrogen-bond acceptors (Lipinski definition) is 7. The van der Waals surface area contributed by atoms with E-state index in [0.29, 0.717) is 5.92 Å². The van der Waals surface area contributed by atoms with Crippen LogP contribution >= 0.6 is 0 Å². The Kier molecular flexibility index (Phi) is 10.9. The Labute approximate surface area is 213 Å². The average molecular weight is 487 g/mol. The Hall–Kier alpha value is -1.44. The van der Waals surface area contributed by atoms with Crippen molar-refractivity contribution in [1.29, 1.82) is 0 Å². The number of anilines is 2. The number of piperazine rings is 1. The number of unbranched alkanes of at least 4 members (excludes halogenated alkanes) is 5. The van der Waals surface area contributed by atoms with Crippen molar-refractivity contribution in [1.82, 2.24) is 20.2 Å². The largest absolute Gasteiger partial charge is 0.378 e. The first-order chi connectivity index (χ1) is 17.2. The van der Waals surface area contributed by atoms with Crippen molar-refractivity contribution in [3.05, 3.63) is 11.8 Å². The second-order valence-corrected chi connectivity index (χ2v) is 10.9. The van der Waals surface area contributed by atoms with Gasteiger partial charge >= 0.3 is 0 Å². The van der Waals surface area contributed by atoms with E-state index in [1.807, 2.05) is 0 Å². The van der Waals surface area contributed by atoms with E-state index in [-0.39, 0.29) is 6.23 Å². The number of rotatable bonds is 14. The summed E-state index contributed by atoms with van der Waals surface area (Å²) in [5.74, 6) is 2.46. The summed E-state index contributed by atoms with van der Waals surface area (Å²) < 4.78 is 0. The number of aliphatic hydroxyl groups excluding tert-OH is 1. The minimum atomic E-state index is -0.345. The fourth-order valence-corrected chi connectivity index (χ4v) is 5.94. The van der Waals surface area contributed by atoms with Crippen LogP contribution in [0.1, 0.15) is 102 Å². The Morgan fingerprint density at radius 1 is 0.800 bits per heavy atom. The third kappa shape index (κ3) is 8.02. The molecule has 0 aliphatic carbocycles. The summed E-state index contributed by atoms with van der Waals surface area (Å²) in [6.45, 7) is 10.5. The molecule has 0 spiro atoms. The standard InChI is InChI=1S/C28H50N6O/c1-2-3-4-5-6-7-12-24(13-14-27(35)33-21-15-29-16-22-33)25-23-26(32-17-8-9-18-32)31-28(30-25)34-19-10-11-20-34/h23-24,27,29,35H,2-22H2,1H3. The zero-order valence-electron chi connectivity index (χ0n) is 22.3.